The summed E-state index contributed by atoms with van der Waals surface area (Å²) < 4.78 is 16.8. The molecule has 0 bridgehead atoms. The topological polar surface area (TPSA) is 65.0 Å². The second-order valence-corrected chi connectivity index (χ2v) is 5.49. The molecule has 0 amide bonds. The molecule has 25 heavy (non-hydrogen) atoms. The van der Waals surface area contributed by atoms with Crippen LogP contribution in [0.15, 0.2) is 42.5 Å². The van der Waals surface area contributed by atoms with Gasteiger partial charge in [0.15, 0.2) is 11.5 Å². The molecular formula is C20H22O5. The van der Waals surface area contributed by atoms with Crippen LogP contribution in [0.3, 0.4) is 0 Å². The van der Waals surface area contributed by atoms with E-state index in [1.54, 1.807) is 25.3 Å². The van der Waals surface area contributed by atoms with Crippen molar-refractivity contribution in [2.75, 3.05) is 20.3 Å². The van der Waals surface area contributed by atoms with Crippen LogP contribution in [0, 0.1) is 13.8 Å². The van der Waals surface area contributed by atoms with Gasteiger partial charge >= 0.3 is 5.97 Å². The van der Waals surface area contributed by atoms with E-state index in [4.69, 9.17) is 19.3 Å². The Labute approximate surface area is 147 Å². The first-order valence-corrected chi connectivity index (χ1v) is 7.92. The number of para-hydroxylation sites is 1. The second kappa shape index (κ2) is 8.78. The summed E-state index contributed by atoms with van der Waals surface area (Å²) in [6, 6.07) is 11.2. The Bertz CT molecular complexity index is 765. The molecule has 5 heteroatoms. The number of aliphatic carboxylic acids is 1. The van der Waals surface area contributed by atoms with Crippen LogP contribution in [0.5, 0.6) is 17.2 Å². The van der Waals surface area contributed by atoms with Crippen LogP contribution in [0.4, 0.5) is 0 Å². The summed E-state index contributed by atoms with van der Waals surface area (Å²) in [7, 11) is 1.54. The fourth-order valence-corrected chi connectivity index (χ4v) is 2.25. The highest BCUT2D eigenvalue weighted by Gasteiger charge is 2.09. The number of hydrogen-bond acceptors (Lipinski definition) is 4. The van der Waals surface area contributed by atoms with E-state index >= 15 is 0 Å². The van der Waals surface area contributed by atoms with Crippen molar-refractivity contribution in [2.24, 2.45) is 0 Å². The lowest BCUT2D eigenvalue weighted by Crippen LogP contribution is -2.10. The first-order valence-electron chi connectivity index (χ1n) is 7.92. The maximum absolute atomic E-state index is 10.7. The van der Waals surface area contributed by atoms with Crippen LogP contribution >= 0.6 is 0 Å². The fraction of sp³-hybridized carbons (Fsp3) is 0.250. The van der Waals surface area contributed by atoms with E-state index in [1.807, 2.05) is 25.1 Å². The normalized spacial score (nSPS) is 10.7. The molecule has 0 aliphatic heterocycles. The monoisotopic (exact) mass is 342 g/mol. The zero-order valence-electron chi connectivity index (χ0n) is 14.6. The number of ether oxygens (including phenoxy) is 3. The Kier molecular flexibility index (Phi) is 6.46. The van der Waals surface area contributed by atoms with Crippen LogP contribution in [0.2, 0.25) is 0 Å². The van der Waals surface area contributed by atoms with Crippen molar-refractivity contribution in [2.45, 2.75) is 13.8 Å². The van der Waals surface area contributed by atoms with Crippen molar-refractivity contribution in [1.29, 1.82) is 0 Å². The van der Waals surface area contributed by atoms with E-state index in [0.717, 1.165) is 11.8 Å². The first kappa shape index (κ1) is 18.4. The van der Waals surface area contributed by atoms with E-state index in [2.05, 4.69) is 6.92 Å². The summed E-state index contributed by atoms with van der Waals surface area (Å²) in [5.41, 5.74) is 3.02. The molecule has 2 aromatic rings. The average Bonchev–Trinajstić information content (AvgIpc) is 2.60. The van der Waals surface area contributed by atoms with Crippen LogP contribution in [0.1, 0.15) is 16.7 Å². The maximum atomic E-state index is 10.7. The smallest absolute Gasteiger partial charge is 0.328 e. The lowest BCUT2D eigenvalue weighted by atomic mass is 10.1. The highest BCUT2D eigenvalue weighted by molar-refractivity contribution is 5.86. The lowest BCUT2D eigenvalue weighted by molar-refractivity contribution is -0.131. The highest BCUT2D eigenvalue weighted by atomic mass is 16.5. The summed E-state index contributed by atoms with van der Waals surface area (Å²) in [4.78, 5) is 10.7. The van der Waals surface area contributed by atoms with Gasteiger partial charge < -0.3 is 19.3 Å². The van der Waals surface area contributed by atoms with Gasteiger partial charge in [-0.1, -0.05) is 18.2 Å². The van der Waals surface area contributed by atoms with Gasteiger partial charge in [0, 0.05) is 11.6 Å². The number of carboxylic acid groups (broad SMARTS) is 1. The Morgan fingerprint density at radius 1 is 1.08 bits per heavy atom. The maximum Gasteiger partial charge on any atom is 0.328 e. The van der Waals surface area contributed by atoms with Crippen molar-refractivity contribution in [3.8, 4) is 17.2 Å². The molecule has 0 radical (unpaired) electrons. The number of rotatable bonds is 8. The van der Waals surface area contributed by atoms with Gasteiger partial charge in [-0.2, -0.15) is 0 Å². The number of carbonyl (C=O) groups is 1. The Morgan fingerprint density at radius 3 is 2.52 bits per heavy atom. The van der Waals surface area contributed by atoms with E-state index in [-0.39, 0.29) is 0 Å². The Morgan fingerprint density at radius 2 is 1.84 bits per heavy atom. The second-order valence-electron chi connectivity index (χ2n) is 5.49. The molecule has 0 spiro atoms. The van der Waals surface area contributed by atoms with Gasteiger partial charge in [0.05, 0.1) is 7.11 Å². The molecule has 0 saturated carbocycles. The minimum Gasteiger partial charge on any atom is -0.493 e. The minimum absolute atomic E-state index is 0.307. The van der Waals surface area contributed by atoms with Crippen molar-refractivity contribution >= 4 is 12.0 Å². The predicted molar refractivity (Wildman–Crippen MR) is 96.6 cm³/mol. The van der Waals surface area contributed by atoms with E-state index < -0.39 is 5.97 Å². The van der Waals surface area contributed by atoms with Gasteiger partial charge in [0.1, 0.15) is 19.0 Å². The Hall–Kier alpha value is -2.95. The molecule has 0 aromatic heterocycles. The molecule has 0 atom stereocenters. The summed E-state index contributed by atoms with van der Waals surface area (Å²) in [5.74, 6) is 0.800. The van der Waals surface area contributed by atoms with E-state index in [9.17, 15) is 4.79 Å². The molecular weight excluding hydrogens is 320 g/mol. The van der Waals surface area contributed by atoms with Crippen molar-refractivity contribution in [3.63, 3.8) is 0 Å². The minimum atomic E-state index is -1.02. The standard InChI is InChI=1S/C20H22O5/c1-14-7-9-17(13-15(14)2)24-11-12-25-20-16(8-10-19(21)22)5-4-6-18(20)23-3/h4-10,13H,11-12H2,1-3H3,(H,21,22). The zero-order valence-corrected chi connectivity index (χ0v) is 14.6. The fourth-order valence-electron chi connectivity index (χ4n) is 2.25. The number of benzene rings is 2. The van der Waals surface area contributed by atoms with Crippen LogP contribution < -0.4 is 14.2 Å². The first-order chi connectivity index (χ1) is 12.0. The van der Waals surface area contributed by atoms with Gasteiger partial charge in [0.25, 0.3) is 0 Å². The number of aryl methyl sites for hydroxylation is 2. The molecule has 2 rings (SSSR count). The van der Waals surface area contributed by atoms with Crippen LogP contribution in [0.25, 0.3) is 6.08 Å². The molecule has 0 heterocycles. The quantitative estimate of drug-likeness (QED) is 0.583. The third-order valence-electron chi connectivity index (χ3n) is 3.71. The summed E-state index contributed by atoms with van der Waals surface area (Å²) in [5, 5.41) is 8.80. The summed E-state index contributed by atoms with van der Waals surface area (Å²) in [6.07, 6.45) is 2.54. The molecule has 132 valence electrons. The van der Waals surface area contributed by atoms with Crippen LogP contribution in [-0.2, 0) is 4.79 Å². The largest absolute Gasteiger partial charge is 0.493 e. The zero-order chi connectivity index (χ0) is 18.2. The van der Waals surface area contributed by atoms with Crippen molar-refractivity contribution in [1.82, 2.24) is 0 Å². The van der Waals surface area contributed by atoms with E-state index in [0.29, 0.717) is 30.3 Å². The van der Waals surface area contributed by atoms with E-state index in [1.165, 1.54) is 17.2 Å². The third-order valence-corrected chi connectivity index (χ3v) is 3.71. The summed E-state index contributed by atoms with van der Waals surface area (Å²) >= 11 is 0. The lowest BCUT2D eigenvalue weighted by Gasteiger charge is -2.14. The number of hydrogen-bond donors (Lipinski definition) is 1. The van der Waals surface area contributed by atoms with Crippen LogP contribution in [-0.4, -0.2) is 31.4 Å². The highest BCUT2D eigenvalue weighted by Crippen LogP contribution is 2.32. The molecule has 1 N–H and O–H groups in total. The molecule has 0 fully saturated rings. The van der Waals surface area contributed by atoms with Crippen molar-refractivity contribution < 1.29 is 24.1 Å². The molecule has 0 saturated heterocycles. The average molecular weight is 342 g/mol. The number of carboxylic acids is 1. The van der Waals surface area contributed by atoms with Gasteiger partial charge in [0.2, 0.25) is 0 Å². The molecule has 0 aliphatic rings. The molecule has 0 aliphatic carbocycles. The van der Waals surface area contributed by atoms with Crippen molar-refractivity contribution in [3.05, 3.63) is 59.2 Å². The molecule has 0 unspecified atom stereocenters. The SMILES string of the molecule is COc1cccc(C=CC(=O)O)c1OCCOc1ccc(C)c(C)c1. The Balaban J connectivity index is 2.01. The van der Waals surface area contributed by atoms with Gasteiger partial charge in [-0.15, -0.1) is 0 Å². The van der Waals surface area contributed by atoms with Gasteiger partial charge in [-0.05, 0) is 49.2 Å². The molecule has 2 aromatic carbocycles. The molecule has 5 nitrogen and oxygen atoms in total. The third kappa shape index (κ3) is 5.28. The predicted octanol–water partition coefficient (Wildman–Crippen LogP) is 3.87. The van der Waals surface area contributed by atoms with Gasteiger partial charge in [-0.3, -0.25) is 0 Å². The van der Waals surface area contributed by atoms with Gasteiger partial charge in [-0.25, -0.2) is 4.79 Å². The summed E-state index contributed by atoms with van der Waals surface area (Å²) in [6.45, 7) is 4.76. The number of methoxy groups -OCH3 is 1.